The number of likely N-dealkylation sites (N-methyl/N-ethyl adjacent to an activating group) is 1. The molecule has 4 aliphatic rings. The second-order valence-corrected chi connectivity index (χ2v) is 6.08. The van der Waals surface area contributed by atoms with E-state index in [9.17, 15) is 6.17 Å². The smallest absolute Gasteiger partial charge is 0.174 e. The van der Waals surface area contributed by atoms with E-state index in [4.69, 9.17) is 23.2 Å². The van der Waals surface area contributed by atoms with Gasteiger partial charge in [-0.05, 0) is 50.3 Å². The zero-order valence-electron chi connectivity index (χ0n) is 22.9. The summed E-state index contributed by atoms with van der Waals surface area (Å²) in [5, 5.41) is 0. The van der Waals surface area contributed by atoms with Gasteiger partial charge in [0.25, 0.3) is 0 Å². The molecule has 1 saturated heterocycles. The molecule has 116 valence electrons. The van der Waals surface area contributed by atoms with Crippen LogP contribution in [0.25, 0.3) is 0 Å². The standard InChI is InChI=1S/C18H21NO3/c1-19-8-7-18-11-4-5-13(20)17(18)22-16-14(21-2)6-3-10(15(16)18)9-12(11)19/h3,6,11-12,17H,4-5,7-9H2,1-2H3/t11-,12+,17?,18-/m0/s1/i2D3,3D,5D2,6D,9D2,11D,17D. The maximum Gasteiger partial charge on any atom is 0.174 e. The van der Waals surface area contributed by atoms with Gasteiger partial charge in [-0.1, -0.05) is 6.04 Å². The molecule has 0 amide bonds. The van der Waals surface area contributed by atoms with E-state index in [1.54, 1.807) is 7.05 Å². The minimum Gasteiger partial charge on any atom is -0.493 e. The number of carbonyl (C=O) groups excluding carboxylic acids is 1. The molecule has 1 saturated carbocycles. The van der Waals surface area contributed by atoms with E-state index < -0.39 is 79.0 Å². The molecule has 2 bridgehead atoms. The SMILES string of the molecule is [2H]c1c([2H])c2c3c(c1OC([2H])([2H])[2H])OC1([2H])C(=O)C([2H])([2H])C[C@@]4([2H])[C@H](N(C)CC[C@]314)C2([2H])[2H]. The molecule has 2 aliphatic heterocycles. The van der Waals surface area contributed by atoms with Gasteiger partial charge in [-0.3, -0.25) is 4.79 Å². The largest absolute Gasteiger partial charge is 0.493 e. The van der Waals surface area contributed by atoms with Crippen molar-refractivity contribution in [3.63, 3.8) is 0 Å². The van der Waals surface area contributed by atoms with Crippen molar-refractivity contribution in [2.24, 2.45) is 5.89 Å². The van der Waals surface area contributed by atoms with Crippen LogP contribution in [-0.4, -0.2) is 43.4 Å². The van der Waals surface area contributed by atoms with Crippen LogP contribution < -0.4 is 9.47 Å². The molecule has 1 unspecified atom stereocenters. The van der Waals surface area contributed by atoms with Gasteiger partial charge in [0.15, 0.2) is 23.4 Å². The molecular weight excluding hydrogens is 278 g/mol. The Morgan fingerprint density at radius 3 is 3.41 bits per heavy atom. The third-order valence-corrected chi connectivity index (χ3v) is 5.19. The molecular formula is C18H21NO3. The van der Waals surface area contributed by atoms with E-state index in [1.165, 1.54) is 4.90 Å². The highest BCUT2D eigenvalue weighted by Gasteiger charge is 2.65. The van der Waals surface area contributed by atoms with Crippen LogP contribution in [0.3, 0.4) is 0 Å². The monoisotopic (exact) mass is 310 g/mol. The lowest BCUT2D eigenvalue weighted by Gasteiger charge is -2.57. The van der Waals surface area contributed by atoms with Gasteiger partial charge in [0.2, 0.25) is 0 Å². The number of nitrogens with zero attached hydrogens (tertiary/aromatic N) is 1. The van der Waals surface area contributed by atoms with Crippen molar-refractivity contribution in [1.82, 2.24) is 4.90 Å². The topological polar surface area (TPSA) is 38.8 Å². The number of ether oxygens (including phenoxy) is 2. The summed E-state index contributed by atoms with van der Waals surface area (Å²) in [5.74, 6) is -4.61. The van der Waals surface area contributed by atoms with E-state index in [2.05, 4.69) is 0 Å². The summed E-state index contributed by atoms with van der Waals surface area (Å²) in [5.41, 5.74) is -2.41. The number of piperidine rings is 1. The number of hydrogen-bond donors (Lipinski definition) is 0. The average molecular weight is 310 g/mol. The van der Waals surface area contributed by atoms with E-state index in [1.807, 2.05) is 0 Å². The molecule has 22 heavy (non-hydrogen) atoms. The first kappa shape index (κ1) is 6.16. The molecule has 2 fully saturated rings. The summed E-state index contributed by atoms with van der Waals surface area (Å²) < 4.78 is 103. The van der Waals surface area contributed by atoms with E-state index in [0.717, 1.165) is 0 Å². The van der Waals surface area contributed by atoms with Crippen molar-refractivity contribution in [2.45, 2.75) is 43.1 Å². The van der Waals surface area contributed by atoms with Crippen molar-refractivity contribution in [3.05, 3.63) is 23.2 Å². The number of benzene rings is 1. The Morgan fingerprint density at radius 2 is 2.55 bits per heavy atom. The fourth-order valence-corrected chi connectivity index (χ4v) is 4.21. The van der Waals surface area contributed by atoms with Crippen molar-refractivity contribution < 1.29 is 29.3 Å². The van der Waals surface area contributed by atoms with Crippen molar-refractivity contribution in [3.8, 4) is 11.5 Å². The van der Waals surface area contributed by atoms with Crippen LogP contribution >= 0.6 is 0 Å². The summed E-state index contributed by atoms with van der Waals surface area (Å²) >= 11 is 0. The second kappa shape index (κ2) is 4.05. The molecule has 4 atom stereocenters. The number of Topliss-reactive ketones (excluding diaryl/α,β-unsaturated/α-hetero) is 1. The Bertz CT molecular complexity index is 1120. The van der Waals surface area contributed by atoms with Crippen LogP contribution in [0, 0.1) is 5.89 Å². The predicted octanol–water partition coefficient (Wildman–Crippen LogP) is 1.93. The highest BCUT2D eigenvalue weighted by molar-refractivity contribution is 5.89. The van der Waals surface area contributed by atoms with Gasteiger partial charge in [0.1, 0.15) is 0 Å². The highest BCUT2D eigenvalue weighted by Crippen LogP contribution is 2.62. The number of rotatable bonds is 1. The van der Waals surface area contributed by atoms with Crippen molar-refractivity contribution in [1.29, 1.82) is 0 Å². The van der Waals surface area contributed by atoms with Crippen LogP contribution in [0.1, 0.15) is 45.4 Å². The minimum atomic E-state index is -3.09. The molecule has 1 spiro atoms. The van der Waals surface area contributed by atoms with Gasteiger partial charge < -0.3 is 14.4 Å². The summed E-state index contributed by atoms with van der Waals surface area (Å²) in [6.07, 6.45) is -8.66. The average Bonchev–Trinajstić information content (AvgIpc) is 2.90. The summed E-state index contributed by atoms with van der Waals surface area (Å²) in [7, 11) is -1.53. The zero-order chi connectivity index (χ0) is 24.7. The fraction of sp³-hybridized carbons (Fsp3) is 0.611. The summed E-state index contributed by atoms with van der Waals surface area (Å²) in [6, 6.07) is -2.81. The van der Waals surface area contributed by atoms with Crippen LogP contribution in [0.2, 0.25) is 0 Å². The Balaban J connectivity index is 1.98. The Labute approximate surface area is 145 Å². The van der Waals surface area contributed by atoms with E-state index in [0.29, 0.717) is 0 Å². The molecule has 0 N–H and O–H groups in total. The third-order valence-electron chi connectivity index (χ3n) is 5.19. The minimum absolute atomic E-state index is 0.0606. The number of methoxy groups -OCH3 is 1. The van der Waals surface area contributed by atoms with Crippen LogP contribution in [0.4, 0.5) is 0 Å². The predicted molar refractivity (Wildman–Crippen MR) is 81.6 cm³/mol. The van der Waals surface area contributed by atoms with E-state index >= 15 is 0 Å². The lowest BCUT2D eigenvalue weighted by molar-refractivity contribution is -0.138. The van der Waals surface area contributed by atoms with Crippen molar-refractivity contribution >= 4 is 5.78 Å². The van der Waals surface area contributed by atoms with Crippen molar-refractivity contribution in [2.75, 3.05) is 20.6 Å². The van der Waals surface area contributed by atoms with Crippen LogP contribution in [0.5, 0.6) is 11.5 Å². The summed E-state index contributed by atoms with van der Waals surface area (Å²) in [6.45, 7) is 0.148. The zero-order valence-corrected chi connectivity index (χ0v) is 11.9. The quantitative estimate of drug-likeness (QED) is 0.794. The molecule has 4 nitrogen and oxygen atoms in total. The molecule has 4 heteroatoms. The molecule has 5 rings (SSSR count). The number of likely N-dealkylation sites (tertiary alicyclic amines) is 1. The Hall–Kier alpha value is -1.55. The molecule has 0 aromatic heterocycles. The summed E-state index contributed by atoms with van der Waals surface area (Å²) in [4.78, 5) is 14.9. The normalized spacial score (nSPS) is 57.6. The number of ketones is 1. The lowest BCUT2D eigenvalue weighted by atomic mass is 9.52. The lowest BCUT2D eigenvalue weighted by Crippen LogP contribution is -2.65. The maximum absolute atomic E-state index is 13.3. The number of hydrogen-bond acceptors (Lipinski definition) is 4. The highest BCUT2D eigenvalue weighted by atomic mass is 16.5. The third kappa shape index (κ3) is 1.27. The van der Waals surface area contributed by atoms with Gasteiger partial charge in [-0.2, -0.15) is 0 Å². The van der Waals surface area contributed by atoms with Gasteiger partial charge in [0, 0.05) is 30.2 Å². The first-order chi connectivity index (χ1) is 14.9. The number of carbonyl (C=O) groups is 1. The Kier molecular flexibility index (Phi) is 1.13. The fourth-order valence-electron chi connectivity index (χ4n) is 4.21. The Morgan fingerprint density at radius 1 is 1.64 bits per heavy atom. The van der Waals surface area contributed by atoms with Crippen LogP contribution in [-0.2, 0) is 16.6 Å². The van der Waals surface area contributed by atoms with Gasteiger partial charge in [-0.15, -0.1) is 0 Å². The maximum atomic E-state index is 13.3. The molecule has 1 aromatic rings. The first-order valence-electron chi connectivity index (χ1n) is 12.7. The second-order valence-electron chi connectivity index (χ2n) is 6.08. The molecule has 2 aliphatic carbocycles. The van der Waals surface area contributed by atoms with Gasteiger partial charge >= 0.3 is 0 Å². The molecule has 0 radical (unpaired) electrons. The van der Waals surface area contributed by atoms with Gasteiger partial charge in [0.05, 0.1) is 15.3 Å². The molecule has 1 aromatic carbocycles. The van der Waals surface area contributed by atoms with Crippen LogP contribution in [0.15, 0.2) is 12.1 Å². The molecule has 2 heterocycles. The van der Waals surface area contributed by atoms with Gasteiger partial charge in [-0.25, -0.2) is 0 Å². The van der Waals surface area contributed by atoms with E-state index in [-0.39, 0.29) is 24.1 Å². The first-order valence-corrected chi connectivity index (χ1v) is 7.18.